The van der Waals surface area contributed by atoms with Crippen molar-refractivity contribution in [2.75, 3.05) is 6.54 Å². The van der Waals surface area contributed by atoms with Gasteiger partial charge >= 0.3 is 5.97 Å². The molecule has 0 fully saturated rings. The van der Waals surface area contributed by atoms with E-state index in [2.05, 4.69) is 0 Å². The Morgan fingerprint density at radius 2 is 2.00 bits per heavy atom. The lowest BCUT2D eigenvalue weighted by atomic mass is 10.0. The van der Waals surface area contributed by atoms with Gasteiger partial charge in [-0.3, -0.25) is 4.79 Å². The van der Waals surface area contributed by atoms with Gasteiger partial charge in [0.1, 0.15) is 17.1 Å². The van der Waals surface area contributed by atoms with Crippen LogP contribution in [0.15, 0.2) is 16.5 Å². The molecule has 1 unspecified atom stereocenters. The van der Waals surface area contributed by atoms with E-state index in [1.165, 1.54) is 0 Å². The van der Waals surface area contributed by atoms with Crippen LogP contribution < -0.4 is 5.73 Å². The molecule has 1 atom stereocenters. The Hall–Kier alpha value is -1.29. The van der Waals surface area contributed by atoms with Crippen molar-refractivity contribution in [3.05, 3.63) is 23.7 Å². The third-order valence-electron chi connectivity index (χ3n) is 2.54. The quantitative estimate of drug-likeness (QED) is 0.818. The van der Waals surface area contributed by atoms with E-state index in [9.17, 15) is 4.79 Å². The molecule has 4 nitrogen and oxygen atoms in total. The summed E-state index contributed by atoms with van der Waals surface area (Å²) in [5.41, 5.74) is 5.15. The number of furan rings is 1. The predicted octanol–water partition coefficient (Wildman–Crippen LogP) is 2.30. The fourth-order valence-corrected chi connectivity index (χ4v) is 1.61. The van der Waals surface area contributed by atoms with Crippen molar-refractivity contribution < 1.29 is 13.9 Å². The largest absolute Gasteiger partial charge is 0.466 e. The molecule has 0 aliphatic heterocycles. The number of hydrogen-bond acceptors (Lipinski definition) is 4. The molecule has 0 bridgehead atoms. The van der Waals surface area contributed by atoms with Gasteiger partial charge in [-0.15, -0.1) is 0 Å². The summed E-state index contributed by atoms with van der Waals surface area (Å²) in [5, 5.41) is 0. The first-order valence-corrected chi connectivity index (χ1v) is 6.36. The van der Waals surface area contributed by atoms with Crippen LogP contribution in [-0.4, -0.2) is 18.1 Å². The second-order valence-corrected chi connectivity index (χ2v) is 5.39. The minimum atomic E-state index is -0.484. The second-order valence-electron chi connectivity index (χ2n) is 5.39. The van der Waals surface area contributed by atoms with Gasteiger partial charge in [-0.1, -0.05) is 6.92 Å². The molecule has 4 heteroatoms. The molecule has 102 valence electrons. The first-order chi connectivity index (χ1) is 8.35. The number of esters is 1. The molecule has 0 spiro atoms. The maximum absolute atomic E-state index is 11.9. The van der Waals surface area contributed by atoms with Crippen LogP contribution in [0.4, 0.5) is 0 Å². The standard InChI is InChI=1S/C14H23NO3/c1-5-11-6-7-12(17-11)8-10(9-15)13(16)18-14(2,3)4/h6-7,10H,5,8-9,15H2,1-4H3. The lowest BCUT2D eigenvalue weighted by molar-refractivity contribution is -0.159. The number of hydrogen-bond donors (Lipinski definition) is 1. The van der Waals surface area contributed by atoms with Crippen LogP contribution in [0.2, 0.25) is 0 Å². The Kier molecular flexibility index (Phi) is 4.96. The van der Waals surface area contributed by atoms with E-state index in [0.717, 1.165) is 17.9 Å². The predicted molar refractivity (Wildman–Crippen MR) is 70.2 cm³/mol. The minimum Gasteiger partial charge on any atom is -0.466 e. The summed E-state index contributed by atoms with van der Waals surface area (Å²) >= 11 is 0. The minimum absolute atomic E-state index is 0.261. The summed E-state index contributed by atoms with van der Waals surface area (Å²) in [5.74, 6) is 1.10. The molecule has 1 aromatic rings. The Morgan fingerprint density at radius 1 is 1.39 bits per heavy atom. The Morgan fingerprint density at radius 3 is 2.44 bits per heavy atom. The van der Waals surface area contributed by atoms with Gasteiger partial charge < -0.3 is 14.9 Å². The van der Waals surface area contributed by atoms with Gasteiger partial charge in [-0.05, 0) is 32.9 Å². The van der Waals surface area contributed by atoms with Crippen LogP contribution >= 0.6 is 0 Å². The lowest BCUT2D eigenvalue weighted by Crippen LogP contribution is -2.33. The third kappa shape index (κ3) is 4.53. The van der Waals surface area contributed by atoms with E-state index in [0.29, 0.717) is 6.42 Å². The molecular weight excluding hydrogens is 230 g/mol. The molecule has 0 aromatic carbocycles. The highest BCUT2D eigenvalue weighted by molar-refractivity contribution is 5.73. The van der Waals surface area contributed by atoms with Gasteiger partial charge in [-0.2, -0.15) is 0 Å². The summed E-state index contributed by atoms with van der Waals surface area (Å²) in [7, 11) is 0. The van der Waals surface area contributed by atoms with Gasteiger partial charge in [0, 0.05) is 19.4 Å². The van der Waals surface area contributed by atoms with Gasteiger partial charge in [0.2, 0.25) is 0 Å². The van der Waals surface area contributed by atoms with Crippen molar-refractivity contribution in [3.63, 3.8) is 0 Å². The molecule has 1 aromatic heterocycles. The molecule has 0 saturated heterocycles. The van der Waals surface area contributed by atoms with Crippen molar-refractivity contribution in [2.45, 2.75) is 46.1 Å². The fraction of sp³-hybridized carbons (Fsp3) is 0.643. The molecule has 0 aliphatic carbocycles. The van der Waals surface area contributed by atoms with Crippen LogP contribution in [0.3, 0.4) is 0 Å². The molecule has 0 saturated carbocycles. The van der Waals surface area contributed by atoms with E-state index in [1.807, 2.05) is 39.8 Å². The van der Waals surface area contributed by atoms with Crippen LogP contribution in [0, 0.1) is 5.92 Å². The van der Waals surface area contributed by atoms with Crippen molar-refractivity contribution in [1.82, 2.24) is 0 Å². The van der Waals surface area contributed by atoms with Gasteiger partial charge in [0.05, 0.1) is 5.92 Å². The summed E-state index contributed by atoms with van der Waals surface area (Å²) in [4.78, 5) is 11.9. The van der Waals surface area contributed by atoms with E-state index < -0.39 is 5.60 Å². The highest BCUT2D eigenvalue weighted by atomic mass is 16.6. The van der Waals surface area contributed by atoms with Crippen molar-refractivity contribution >= 4 is 5.97 Å². The lowest BCUT2D eigenvalue weighted by Gasteiger charge is -2.22. The Bertz CT molecular complexity index is 390. The molecule has 1 heterocycles. The Labute approximate surface area is 108 Å². The summed E-state index contributed by atoms with van der Waals surface area (Å²) in [6.07, 6.45) is 1.34. The van der Waals surface area contributed by atoms with Crippen LogP contribution in [0.1, 0.15) is 39.2 Å². The number of nitrogens with two attached hydrogens (primary N) is 1. The Balaban J connectivity index is 2.64. The maximum Gasteiger partial charge on any atom is 0.311 e. The molecule has 0 aliphatic rings. The van der Waals surface area contributed by atoms with Gasteiger partial charge in [0.25, 0.3) is 0 Å². The zero-order valence-electron chi connectivity index (χ0n) is 11.7. The smallest absolute Gasteiger partial charge is 0.311 e. The van der Waals surface area contributed by atoms with E-state index >= 15 is 0 Å². The SMILES string of the molecule is CCc1ccc(CC(CN)C(=O)OC(C)(C)C)o1. The first-order valence-electron chi connectivity index (χ1n) is 6.36. The molecule has 0 amide bonds. The van der Waals surface area contributed by atoms with E-state index in [1.54, 1.807) is 0 Å². The zero-order valence-corrected chi connectivity index (χ0v) is 11.7. The van der Waals surface area contributed by atoms with Gasteiger partial charge in [-0.25, -0.2) is 0 Å². The van der Waals surface area contributed by atoms with E-state index in [-0.39, 0.29) is 18.4 Å². The number of carbonyl (C=O) groups is 1. The van der Waals surface area contributed by atoms with Gasteiger partial charge in [0.15, 0.2) is 0 Å². The van der Waals surface area contributed by atoms with Crippen LogP contribution in [0.25, 0.3) is 0 Å². The molecule has 0 radical (unpaired) electrons. The summed E-state index contributed by atoms with van der Waals surface area (Å²) in [6.45, 7) is 7.83. The number of carbonyl (C=O) groups excluding carboxylic acids is 1. The molecular formula is C14H23NO3. The number of ether oxygens (including phenoxy) is 1. The highest BCUT2D eigenvalue weighted by Crippen LogP contribution is 2.17. The second kappa shape index (κ2) is 6.05. The molecule has 18 heavy (non-hydrogen) atoms. The van der Waals surface area contributed by atoms with Crippen molar-refractivity contribution in [1.29, 1.82) is 0 Å². The summed E-state index contributed by atoms with van der Waals surface area (Å²) < 4.78 is 10.9. The molecule has 2 N–H and O–H groups in total. The summed E-state index contributed by atoms with van der Waals surface area (Å²) in [6, 6.07) is 3.82. The zero-order chi connectivity index (χ0) is 13.8. The van der Waals surface area contributed by atoms with E-state index in [4.69, 9.17) is 14.9 Å². The normalized spacial score (nSPS) is 13.4. The fourth-order valence-electron chi connectivity index (χ4n) is 1.61. The third-order valence-corrected chi connectivity index (χ3v) is 2.54. The van der Waals surface area contributed by atoms with Crippen molar-refractivity contribution in [2.24, 2.45) is 11.7 Å². The van der Waals surface area contributed by atoms with Crippen molar-refractivity contribution in [3.8, 4) is 0 Å². The topological polar surface area (TPSA) is 65.5 Å². The van der Waals surface area contributed by atoms with Crippen LogP contribution in [-0.2, 0) is 22.4 Å². The maximum atomic E-state index is 11.9. The average Bonchev–Trinajstić information content (AvgIpc) is 2.71. The monoisotopic (exact) mass is 253 g/mol. The molecule has 1 rings (SSSR count). The first kappa shape index (κ1) is 14.8. The van der Waals surface area contributed by atoms with Crippen LogP contribution in [0.5, 0.6) is 0 Å². The number of rotatable bonds is 5. The number of aryl methyl sites for hydroxylation is 1. The average molecular weight is 253 g/mol. The highest BCUT2D eigenvalue weighted by Gasteiger charge is 2.25.